The number of nitrogens with one attached hydrogen (secondary N) is 1. The molecule has 6 nitrogen and oxygen atoms in total. The smallest absolute Gasteiger partial charge is 0.410 e. The number of fused-ring (bicyclic) bond motifs is 2. The van der Waals surface area contributed by atoms with Gasteiger partial charge in [-0.05, 0) is 48.3 Å². The fourth-order valence-corrected chi connectivity index (χ4v) is 5.63. The molecule has 1 spiro atoms. The number of hydrogen-bond acceptors (Lipinski definition) is 4. The van der Waals surface area contributed by atoms with Crippen LogP contribution in [0.25, 0.3) is 10.8 Å². The predicted molar refractivity (Wildman–Crippen MR) is 112 cm³/mol. The lowest BCUT2D eigenvalue weighted by molar-refractivity contribution is -0.103. The van der Waals surface area contributed by atoms with Crippen molar-refractivity contribution in [2.75, 3.05) is 0 Å². The number of carbonyl (C=O) groups is 1. The van der Waals surface area contributed by atoms with Gasteiger partial charge in [0.15, 0.2) is 0 Å². The Bertz CT molecular complexity index is 1180. The summed E-state index contributed by atoms with van der Waals surface area (Å²) in [7, 11) is 0. The summed E-state index contributed by atoms with van der Waals surface area (Å²) in [6.07, 6.45) is 3.75. The zero-order chi connectivity index (χ0) is 20.3. The van der Waals surface area contributed by atoms with Crippen LogP contribution in [0, 0.1) is 5.41 Å². The van der Waals surface area contributed by atoms with E-state index in [9.17, 15) is 9.59 Å². The third kappa shape index (κ3) is 2.74. The van der Waals surface area contributed by atoms with Crippen molar-refractivity contribution in [2.45, 2.75) is 50.8 Å². The minimum Gasteiger partial charge on any atom is -0.446 e. The van der Waals surface area contributed by atoms with Gasteiger partial charge in [0.2, 0.25) is 0 Å². The minimum atomic E-state index is -0.199. The molecular weight excluding hydrogens is 378 g/mol. The summed E-state index contributed by atoms with van der Waals surface area (Å²) in [5, 5.41) is 8.67. The number of rotatable bonds is 2. The molecule has 30 heavy (non-hydrogen) atoms. The lowest BCUT2D eigenvalue weighted by Crippen LogP contribution is -2.51. The Kier molecular flexibility index (Phi) is 3.79. The SMILES string of the molecule is O=C(OC1CC2(C1)CC(c1n[nH]c(=O)c3ccccc13)C2)N1Cc2ccccc2C1. The van der Waals surface area contributed by atoms with Crippen LogP contribution in [-0.4, -0.2) is 27.3 Å². The Morgan fingerprint density at radius 1 is 0.967 bits per heavy atom. The molecule has 1 amide bonds. The lowest BCUT2D eigenvalue weighted by atomic mass is 9.50. The molecule has 2 saturated carbocycles. The van der Waals surface area contributed by atoms with Gasteiger partial charge in [-0.25, -0.2) is 9.89 Å². The molecule has 0 saturated heterocycles. The first-order valence-electron chi connectivity index (χ1n) is 10.6. The van der Waals surface area contributed by atoms with E-state index in [-0.39, 0.29) is 23.2 Å². The predicted octanol–water partition coefficient (Wildman–Crippen LogP) is 4.10. The third-order valence-electron chi connectivity index (χ3n) is 7.16. The largest absolute Gasteiger partial charge is 0.446 e. The van der Waals surface area contributed by atoms with Crippen LogP contribution < -0.4 is 5.56 Å². The van der Waals surface area contributed by atoms with E-state index in [1.54, 1.807) is 4.90 Å². The van der Waals surface area contributed by atoms with Crippen LogP contribution in [-0.2, 0) is 17.8 Å². The highest BCUT2D eigenvalue weighted by atomic mass is 16.6. The van der Waals surface area contributed by atoms with Crippen molar-refractivity contribution in [3.63, 3.8) is 0 Å². The normalized spacial score (nSPS) is 26.9. The summed E-state index contributed by atoms with van der Waals surface area (Å²) in [5.41, 5.74) is 3.54. The first kappa shape index (κ1) is 17.7. The minimum absolute atomic E-state index is 0.0162. The number of amides is 1. The molecule has 2 heterocycles. The molecule has 0 radical (unpaired) electrons. The molecule has 3 aliphatic rings. The highest BCUT2D eigenvalue weighted by Gasteiger charge is 2.55. The van der Waals surface area contributed by atoms with Crippen LogP contribution in [0.2, 0.25) is 0 Å². The molecule has 6 heteroatoms. The van der Waals surface area contributed by atoms with Crippen molar-refractivity contribution in [1.82, 2.24) is 15.1 Å². The Morgan fingerprint density at radius 3 is 2.30 bits per heavy atom. The first-order valence-corrected chi connectivity index (χ1v) is 10.6. The molecular formula is C24H23N3O3. The Morgan fingerprint density at radius 2 is 1.60 bits per heavy atom. The third-order valence-corrected chi connectivity index (χ3v) is 7.16. The average Bonchev–Trinajstić information content (AvgIpc) is 3.14. The summed E-state index contributed by atoms with van der Waals surface area (Å²) in [5.74, 6) is 0.358. The van der Waals surface area contributed by atoms with Crippen molar-refractivity contribution in [2.24, 2.45) is 5.41 Å². The number of H-pyrrole nitrogens is 1. The summed E-state index contributed by atoms with van der Waals surface area (Å²) in [4.78, 5) is 26.4. The van der Waals surface area contributed by atoms with E-state index in [1.165, 1.54) is 11.1 Å². The Labute approximate surface area is 173 Å². The maximum atomic E-state index is 12.6. The second-order valence-electron chi connectivity index (χ2n) is 9.13. The number of aromatic amines is 1. The lowest BCUT2D eigenvalue weighted by Gasteiger charge is -2.57. The van der Waals surface area contributed by atoms with Crippen LogP contribution in [0.3, 0.4) is 0 Å². The van der Waals surface area contributed by atoms with E-state index in [1.807, 2.05) is 36.4 Å². The fourth-order valence-electron chi connectivity index (χ4n) is 5.63. The van der Waals surface area contributed by atoms with Crippen molar-refractivity contribution in [3.8, 4) is 0 Å². The van der Waals surface area contributed by atoms with Gasteiger partial charge in [-0.15, -0.1) is 0 Å². The molecule has 152 valence electrons. The summed E-state index contributed by atoms with van der Waals surface area (Å²) in [6, 6.07) is 15.8. The molecule has 1 N–H and O–H groups in total. The Hall–Kier alpha value is -3.15. The van der Waals surface area contributed by atoms with E-state index in [0.717, 1.165) is 36.8 Å². The highest BCUT2D eigenvalue weighted by Crippen LogP contribution is 2.62. The van der Waals surface area contributed by atoms with E-state index in [2.05, 4.69) is 22.3 Å². The van der Waals surface area contributed by atoms with Gasteiger partial charge in [0.25, 0.3) is 5.56 Å². The topological polar surface area (TPSA) is 75.3 Å². The number of aromatic nitrogens is 2. The quantitative estimate of drug-likeness (QED) is 0.701. The number of carbonyl (C=O) groups excluding carboxylic acids is 1. The second kappa shape index (κ2) is 6.42. The molecule has 0 unspecified atom stereocenters. The number of nitrogens with zero attached hydrogens (tertiary/aromatic N) is 2. The Balaban J connectivity index is 1.06. The van der Waals surface area contributed by atoms with Crippen LogP contribution in [0.15, 0.2) is 53.3 Å². The van der Waals surface area contributed by atoms with Crippen molar-refractivity contribution < 1.29 is 9.53 Å². The number of hydrogen-bond donors (Lipinski definition) is 1. The summed E-state index contributed by atoms with van der Waals surface area (Å²) < 4.78 is 5.78. The molecule has 1 aliphatic heterocycles. The highest BCUT2D eigenvalue weighted by molar-refractivity contribution is 5.84. The van der Waals surface area contributed by atoms with E-state index >= 15 is 0 Å². The molecule has 6 rings (SSSR count). The standard InChI is InChI=1S/C24H23N3O3/c28-22-20-8-4-3-7-19(20)21(25-26-22)17-9-24(10-17)11-18(12-24)30-23(29)27-13-15-5-1-2-6-16(15)14-27/h1-8,17-18H,9-14H2,(H,26,28). The van der Waals surface area contributed by atoms with Crippen LogP contribution in [0.4, 0.5) is 4.79 Å². The molecule has 2 fully saturated rings. The fraction of sp³-hybridized carbons (Fsp3) is 0.375. The van der Waals surface area contributed by atoms with Gasteiger partial charge in [-0.1, -0.05) is 42.5 Å². The van der Waals surface area contributed by atoms with Crippen LogP contribution in [0.1, 0.15) is 48.4 Å². The zero-order valence-corrected chi connectivity index (χ0v) is 16.6. The van der Waals surface area contributed by atoms with Gasteiger partial charge in [0.05, 0.1) is 11.1 Å². The number of ether oxygens (including phenoxy) is 1. The second-order valence-corrected chi connectivity index (χ2v) is 9.13. The van der Waals surface area contributed by atoms with Gasteiger partial charge in [-0.2, -0.15) is 5.10 Å². The van der Waals surface area contributed by atoms with Gasteiger partial charge >= 0.3 is 6.09 Å². The maximum absolute atomic E-state index is 12.6. The summed E-state index contributed by atoms with van der Waals surface area (Å²) in [6.45, 7) is 1.28. The molecule has 3 aromatic rings. The maximum Gasteiger partial charge on any atom is 0.410 e. The van der Waals surface area contributed by atoms with Crippen molar-refractivity contribution >= 4 is 16.9 Å². The number of benzene rings is 2. The molecule has 0 bridgehead atoms. The van der Waals surface area contributed by atoms with Gasteiger partial charge in [0, 0.05) is 24.4 Å². The molecule has 0 atom stereocenters. The van der Waals surface area contributed by atoms with E-state index < -0.39 is 0 Å². The molecule has 1 aromatic heterocycles. The molecule has 2 aliphatic carbocycles. The van der Waals surface area contributed by atoms with Gasteiger partial charge < -0.3 is 4.74 Å². The van der Waals surface area contributed by atoms with Crippen molar-refractivity contribution in [1.29, 1.82) is 0 Å². The van der Waals surface area contributed by atoms with Gasteiger partial charge in [-0.3, -0.25) is 9.69 Å². The van der Waals surface area contributed by atoms with Gasteiger partial charge in [0.1, 0.15) is 6.10 Å². The zero-order valence-electron chi connectivity index (χ0n) is 16.6. The van der Waals surface area contributed by atoms with E-state index in [0.29, 0.717) is 24.4 Å². The average molecular weight is 401 g/mol. The van der Waals surface area contributed by atoms with E-state index in [4.69, 9.17) is 4.74 Å². The first-order chi connectivity index (χ1) is 14.6. The van der Waals surface area contributed by atoms with Crippen LogP contribution >= 0.6 is 0 Å². The van der Waals surface area contributed by atoms with Crippen LogP contribution in [0.5, 0.6) is 0 Å². The van der Waals surface area contributed by atoms with Crippen molar-refractivity contribution in [3.05, 3.63) is 75.7 Å². The monoisotopic (exact) mass is 401 g/mol. The summed E-state index contributed by atoms with van der Waals surface area (Å²) >= 11 is 0. The molecule has 2 aromatic carbocycles.